The smallest absolute Gasteiger partial charge is 0.337 e. The summed E-state index contributed by atoms with van der Waals surface area (Å²) in [4.78, 5) is 22.5. The topological polar surface area (TPSA) is 74.1 Å². The second-order valence-corrected chi connectivity index (χ2v) is 4.99. The summed E-state index contributed by atoms with van der Waals surface area (Å²) in [6.45, 7) is 2.61. The van der Waals surface area contributed by atoms with E-state index in [1.54, 1.807) is 16.8 Å². The third kappa shape index (κ3) is 3.58. The van der Waals surface area contributed by atoms with Crippen LogP contribution in [0.1, 0.15) is 51.9 Å². The highest BCUT2D eigenvalue weighted by Crippen LogP contribution is 2.12. The molecule has 22 heavy (non-hydrogen) atoms. The summed E-state index contributed by atoms with van der Waals surface area (Å²) in [7, 11) is 1.35. The van der Waals surface area contributed by atoms with Crippen molar-refractivity contribution in [1.82, 2.24) is 15.0 Å². The molecule has 1 heterocycles. The molecule has 0 fully saturated rings. The van der Waals surface area contributed by atoms with E-state index in [0.717, 1.165) is 36.8 Å². The number of carbonyl (C=O) groups excluding carboxylic acids is 2. The first-order chi connectivity index (χ1) is 10.7. The van der Waals surface area contributed by atoms with Gasteiger partial charge in [-0.1, -0.05) is 30.7 Å². The minimum Gasteiger partial charge on any atom is -0.465 e. The fourth-order valence-electron chi connectivity index (χ4n) is 2.20. The van der Waals surface area contributed by atoms with Crippen molar-refractivity contribution >= 4 is 12.3 Å². The van der Waals surface area contributed by atoms with Crippen LogP contribution in [0.15, 0.2) is 24.3 Å². The minimum atomic E-state index is -0.362. The molecule has 0 atom stereocenters. The van der Waals surface area contributed by atoms with Crippen LogP contribution >= 0.6 is 0 Å². The summed E-state index contributed by atoms with van der Waals surface area (Å²) < 4.78 is 6.41. The number of nitrogens with zero attached hydrogens (tertiary/aromatic N) is 3. The van der Waals surface area contributed by atoms with Gasteiger partial charge in [0.25, 0.3) is 0 Å². The second-order valence-electron chi connectivity index (χ2n) is 4.99. The first kappa shape index (κ1) is 15.9. The van der Waals surface area contributed by atoms with Gasteiger partial charge in [-0.25, -0.2) is 9.48 Å². The van der Waals surface area contributed by atoms with Crippen molar-refractivity contribution in [3.63, 3.8) is 0 Å². The van der Waals surface area contributed by atoms with E-state index in [1.807, 2.05) is 12.1 Å². The van der Waals surface area contributed by atoms with Crippen molar-refractivity contribution in [3.05, 3.63) is 46.8 Å². The van der Waals surface area contributed by atoms with Gasteiger partial charge in [0.1, 0.15) is 5.69 Å². The summed E-state index contributed by atoms with van der Waals surface area (Å²) in [5, 5.41) is 7.97. The lowest BCUT2D eigenvalue weighted by atomic mass is 10.1. The SMILES string of the molecule is CCCCc1c(C=O)nnn1Cc1ccc(C(=O)OC)cc1. The molecule has 0 aliphatic heterocycles. The van der Waals surface area contributed by atoms with Gasteiger partial charge in [0.2, 0.25) is 0 Å². The van der Waals surface area contributed by atoms with Gasteiger partial charge >= 0.3 is 5.97 Å². The molecule has 0 bridgehead atoms. The quantitative estimate of drug-likeness (QED) is 0.579. The molecule has 0 saturated heterocycles. The number of carbonyl (C=O) groups is 2. The van der Waals surface area contributed by atoms with Crippen molar-refractivity contribution in [2.45, 2.75) is 32.7 Å². The molecule has 2 rings (SSSR count). The predicted octanol–water partition coefficient (Wildman–Crippen LogP) is 2.27. The van der Waals surface area contributed by atoms with Crippen molar-refractivity contribution < 1.29 is 14.3 Å². The minimum absolute atomic E-state index is 0.362. The Bertz CT molecular complexity index is 647. The average Bonchev–Trinajstić information content (AvgIpc) is 2.94. The van der Waals surface area contributed by atoms with E-state index >= 15 is 0 Å². The van der Waals surface area contributed by atoms with Crippen LogP contribution in [-0.4, -0.2) is 34.4 Å². The third-order valence-electron chi connectivity index (χ3n) is 3.45. The lowest BCUT2D eigenvalue weighted by Crippen LogP contribution is -2.08. The molecule has 0 unspecified atom stereocenters. The van der Waals surface area contributed by atoms with Crippen LogP contribution in [-0.2, 0) is 17.7 Å². The van der Waals surface area contributed by atoms with E-state index in [0.29, 0.717) is 17.8 Å². The summed E-state index contributed by atoms with van der Waals surface area (Å²) in [6.07, 6.45) is 3.54. The fourth-order valence-corrected chi connectivity index (χ4v) is 2.20. The number of unbranched alkanes of at least 4 members (excludes halogenated alkanes) is 1. The zero-order valence-electron chi connectivity index (χ0n) is 12.8. The van der Waals surface area contributed by atoms with Crippen LogP contribution in [0.25, 0.3) is 0 Å². The maximum absolute atomic E-state index is 11.4. The number of hydrogen-bond donors (Lipinski definition) is 0. The molecule has 0 spiro atoms. The molecule has 0 amide bonds. The van der Waals surface area contributed by atoms with Gasteiger partial charge in [-0.15, -0.1) is 5.10 Å². The van der Waals surface area contributed by atoms with Crippen LogP contribution in [0.3, 0.4) is 0 Å². The van der Waals surface area contributed by atoms with Crippen LogP contribution < -0.4 is 0 Å². The van der Waals surface area contributed by atoms with Crippen molar-refractivity contribution in [2.24, 2.45) is 0 Å². The van der Waals surface area contributed by atoms with Gasteiger partial charge in [-0.2, -0.15) is 0 Å². The van der Waals surface area contributed by atoms with E-state index in [9.17, 15) is 9.59 Å². The van der Waals surface area contributed by atoms with Gasteiger partial charge in [-0.05, 0) is 30.5 Å². The Balaban J connectivity index is 2.18. The lowest BCUT2D eigenvalue weighted by Gasteiger charge is -2.07. The van der Waals surface area contributed by atoms with E-state index in [2.05, 4.69) is 22.0 Å². The molecule has 0 aliphatic carbocycles. The highest BCUT2D eigenvalue weighted by molar-refractivity contribution is 5.89. The molecule has 6 nitrogen and oxygen atoms in total. The Morgan fingerprint density at radius 2 is 2.05 bits per heavy atom. The van der Waals surface area contributed by atoms with Gasteiger partial charge in [0.05, 0.1) is 24.9 Å². The predicted molar refractivity (Wildman–Crippen MR) is 80.9 cm³/mol. The number of esters is 1. The van der Waals surface area contributed by atoms with E-state index in [-0.39, 0.29) is 5.97 Å². The number of aldehydes is 1. The zero-order chi connectivity index (χ0) is 15.9. The fraction of sp³-hybridized carbons (Fsp3) is 0.375. The first-order valence-corrected chi connectivity index (χ1v) is 7.24. The monoisotopic (exact) mass is 301 g/mol. The van der Waals surface area contributed by atoms with E-state index in [4.69, 9.17) is 0 Å². The van der Waals surface area contributed by atoms with Gasteiger partial charge in [0, 0.05) is 0 Å². The summed E-state index contributed by atoms with van der Waals surface area (Å²) in [5.74, 6) is -0.362. The van der Waals surface area contributed by atoms with Crippen LogP contribution in [0.2, 0.25) is 0 Å². The van der Waals surface area contributed by atoms with E-state index in [1.165, 1.54) is 7.11 Å². The van der Waals surface area contributed by atoms with Crippen LogP contribution in [0.4, 0.5) is 0 Å². The summed E-state index contributed by atoms with van der Waals surface area (Å²) in [6, 6.07) is 7.12. The standard InChI is InChI=1S/C16H19N3O3/c1-3-4-5-15-14(11-20)17-18-19(15)10-12-6-8-13(9-7-12)16(21)22-2/h6-9,11H,3-5,10H2,1-2H3. The average molecular weight is 301 g/mol. The number of methoxy groups -OCH3 is 1. The Kier molecular flexibility index (Phi) is 5.41. The molecule has 0 radical (unpaired) electrons. The Hall–Kier alpha value is -2.50. The van der Waals surface area contributed by atoms with E-state index < -0.39 is 0 Å². The third-order valence-corrected chi connectivity index (χ3v) is 3.45. The Morgan fingerprint density at radius 1 is 1.32 bits per heavy atom. The molecule has 2 aromatic rings. The zero-order valence-corrected chi connectivity index (χ0v) is 12.8. The lowest BCUT2D eigenvalue weighted by molar-refractivity contribution is 0.0600. The Labute approximate surface area is 129 Å². The number of aromatic nitrogens is 3. The normalized spacial score (nSPS) is 10.5. The largest absolute Gasteiger partial charge is 0.465 e. The van der Waals surface area contributed by atoms with Crippen molar-refractivity contribution in [1.29, 1.82) is 0 Å². The maximum Gasteiger partial charge on any atom is 0.337 e. The Morgan fingerprint density at radius 3 is 2.64 bits per heavy atom. The highest BCUT2D eigenvalue weighted by atomic mass is 16.5. The van der Waals surface area contributed by atoms with Crippen LogP contribution in [0.5, 0.6) is 0 Å². The molecule has 0 saturated carbocycles. The first-order valence-electron chi connectivity index (χ1n) is 7.24. The second kappa shape index (κ2) is 7.49. The molecule has 0 aliphatic rings. The number of ether oxygens (including phenoxy) is 1. The number of rotatable bonds is 7. The molecular weight excluding hydrogens is 282 g/mol. The molecule has 116 valence electrons. The molecule has 1 aromatic heterocycles. The van der Waals surface area contributed by atoms with Gasteiger partial charge in [-0.3, -0.25) is 4.79 Å². The number of benzene rings is 1. The van der Waals surface area contributed by atoms with Crippen LogP contribution in [0, 0.1) is 0 Å². The molecular formula is C16H19N3O3. The molecule has 6 heteroatoms. The summed E-state index contributed by atoms with van der Waals surface area (Å²) in [5.41, 5.74) is 2.74. The highest BCUT2D eigenvalue weighted by Gasteiger charge is 2.12. The summed E-state index contributed by atoms with van der Waals surface area (Å²) >= 11 is 0. The van der Waals surface area contributed by atoms with Crippen molar-refractivity contribution in [2.75, 3.05) is 7.11 Å². The molecule has 1 aromatic carbocycles. The molecule has 0 N–H and O–H groups in total. The maximum atomic E-state index is 11.4. The number of hydrogen-bond acceptors (Lipinski definition) is 5. The van der Waals surface area contributed by atoms with Gasteiger partial charge in [0.15, 0.2) is 6.29 Å². The van der Waals surface area contributed by atoms with Gasteiger partial charge < -0.3 is 4.74 Å². The van der Waals surface area contributed by atoms with Crippen molar-refractivity contribution in [3.8, 4) is 0 Å².